The Morgan fingerprint density at radius 3 is 2.50 bits per heavy atom. The molecule has 0 bridgehead atoms. The summed E-state index contributed by atoms with van der Waals surface area (Å²) in [6, 6.07) is 0.755. The van der Waals surface area contributed by atoms with Gasteiger partial charge in [0.15, 0.2) is 0 Å². The zero-order chi connectivity index (χ0) is 10.9. The Bertz CT molecular complexity index is 382. The Hall–Kier alpha value is -1.99. The predicted molar refractivity (Wildman–Crippen MR) is 44.7 cm³/mol. The third-order valence-corrected chi connectivity index (χ3v) is 1.50. The number of alkyl halides is 2. The normalized spacial score (nSPS) is 10.5. The number of hydrogen-bond donors (Lipinski definition) is 2. The van der Waals surface area contributed by atoms with Crippen LogP contribution in [-0.4, -0.2) is 9.91 Å². The zero-order valence-electron chi connectivity index (χ0n) is 6.78. The van der Waals surface area contributed by atoms with Gasteiger partial charge in [0.2, 0.25) is 5.82 Å². The molecule has 14 heavy (non-hydrogen) atoms. The van der Waals surface area contributed by atoms with Crippen LogP contribution in [0.15, 0.2) is 6.07 Å². The van der Waals surface area contributed by atoms with Crippen molar-refractivity contribution in [2.45, 2.75) is 6.43 Å². The largest absolute Gasteiger partial charge is 0.392 e. The summed E-state index contributed by atoms with van der Waals surface area (Å²) < 4.78 is 24.4. The van der Waals surface area contributed by atoms with E-state index in [0.717, 1.165) is 6.07 Å². The second kappa shape index (κ2) is 3.40. The predicted octanol–water partition coefficient (Wildman–Crippen LogP) is 1.09. The second-order valence-corrected chi connectivity index (χ2v) is 2.43. The van der Waals surface area contributed by atoms with Gasteiger partial charge in [0.05, 0.1) is 5.56 Å². The molecule has 0 fully saturated rings. The van der Waals surface area contributed by atoms with Crippen LogP contribution in [0.2, 0.25) is 0 Å². The van der Waals surface area contributed by atoms with Gasteiger partial charge < -0.3 is 21.6 Å². The van der Waals surface area contributed by atoms with Crippen LogP contribution >= 0.6 is 0 Å². The summed E-state index contributed by atoms with van der Waals surface area (Å²) in [6.45, 7) is 0. The van der Waals surface area contributed by atoms with E-state index in [9.17, 15) is 18.9 Å². The fraction of sp³-hybridized carbons (Fsp3) is 0.167. The van der Waals surface area contributed by atoms with Crippen molar-refractivity contribution in [2.24, 2.45) is 0 Å². The van der Waals surface area contributed by atoms with Gasteiger partial charge in [-0.3, -0.25) is 0 Å². The lowest BCUT2D eigenvalue weighted by Crippen LogP contribution is -2.05. The molecule has 0 saturated carbocycles. The first kappa shape index (κ1) is 10.1. The summed E-state index contributed by atoms with van der Waals surface area (Å²) >= 11 is 0. The maximum Gasteiger partial charge on any atom is 0.388 e. The van der Waals surface area contributed by atoms with E-state index in [1.807, 2.05) is 0 Å². The summed E-state index contributed by atoms with van der Waals surface area (Å²) in [4.78, 5) is 12.6. The molecule has 0 aliphatic carbocycles. The van der Waals surface area contributed by atoms with Gasteiger partial charge in [-0.15, -0.1) is 0 Å². The maximum atomic E-state index is 12.2. The van der Waals surface area contributed by atoms with Gasteiger partial charge in [0.1, 0.15) is 5.69 Å². The maximum absolute atomic E-state index is 12.2. The third-order valence-electron chi connectivity index (χ3n) is 1.50. The average molecular weight is 204 g/mol. The minimum atomic E-state index is -2.86. The molecule has 1 heterocycles. The van der Waals surface area contributed by atoms with Gasteiger partial charge >= 0.3 is 5.82 Å². The highest BCUT2D eigenvalue weighted by Crippen LogP contribution is 2.29. The molecule has 76 valence electrons. The van der Waals surface area contributed by atoms with Crippen molar-refractivity contribution >= 4 is 17.3 Å². The Morgan fingerprint density at radius 2 is 2.07 bits per heavy atom. The summed E-state index contributed by atoms with van der Waals surface area (Å²) in [7, 11) is 0. The van der Waals surface area contributed by atoms with E-state index < -0.39 is 34.2 Å². The molecule has 0 aromatic carbocycles. The fourth-order valence-corrected chi connectivity index (χ4v) is 0.870. The van der Waals surface area contributed by atoms with Crippen LogP contribution in [0, 0.1) is 10.1 Å². The molecule has 0 spiro atoms. The minimum absolute atomic E-state index is 0.431. The van der Waals surface area contributed by atoms with Gasteiger partial charge in [0, 0.05) is 0 Å². The molecule has 6 nitrogen and oxygen atoms in total. The average Bonchev–Trinajstić information content (AvgIpc) is 2.07. The van der Waals surface area contributed by atoms with Crippen molar-refractivity contribution in [2.75, 3.05) is 11.5 Å². The van der Waals surface area contributed by atoms with E-state index in [1.54, 1.807) is 0 Å². The van der Waals surface area contributed by atoms with E-state index in [-0.39, 0.29) is 0 Å². The topological polar surface area (TPSA) is 108 Å². The van der Waals surface area contributed by atoms with Crippen LogP contribution < -0.4 is 11.5 Å². The lowest BCUT2D eigenvalue weighted by molar-refractivity contribution is -0.388. The van der Waals surface area contributed by atoms with Crippen molar-refractivity contribution in [3.05, 3.63) is 21.7 Å². The molecule has 0 radical (unpaired) electrons. The van der Waals surface area contributed by atoms with Crippen molar-refractivity contribution in [1.29, 1.82) is 0 Å². The highest BCUT2D eigenvalue weighted by molar-refractivity contribution is 5.60. The van der Waals surface area contributed by atoms with E-state index >= 15 is 0 Å². The van der Waals surface area contributed by atoms with Crippen LogP contribution in [-0.2, 0) is 0 Å². The van der Waals surface area contributed by atoms with E-state index in [1.165, 1.54) is 0 Å². The SMILES string of the molecule is Nc1cc(C(F)F)c(N)nc1[N+](=O)[O-]. The van der Waals surface area contributed by atoms with Crippen LogP contribution in [0.3, 0.4) is 0 Å². The number of nitrogens with zero attached hydrogens (tertiary/aromatic N) is 2. The molecule has 1 aromatic heterocycles. The first-order valence-electron chi connectivity index (χ1n) is 3.42. The number of halogens is 2. The van der Waals surface area contributed by atoms with Gasteiger partial charge in [-0.1, -0.05) is 0 Å². The first-order valence-corrected chi connectivity index (χ1v) is 3.42. The van der Waals surface area contributed by atoms with E-state index in [4.69, 9.17) is 11.5 Å². The zero-order valence-corrected chi connectivity index (χ0v) is 6.78. The molecule has 0 aliphatic heterocycles. The summed E-state index contributed by atoms with van der Waals surface area (Å²) in [6.07, 6.45) is -2.86. The van der Waals surface area contributed by atoms with E-state index in [2.05, 4.69) is 4.98 Å². The van der Waals surface area contributed by atoms with Gasteiger partial charge in [-0.2, -0.15) is 0 Å². The molecule has 0 saturated heterocycles. The lowest BCUT2D eigenvalue weighted by atomic mass is 10.2. The minimum Gasteiger partial charge on any atom is -0.392 e. The second-order valence-electron chi connectivity index (χ2n) is 2.43. The number of nitrogen functional groups attached to an aromatic ring is 2. The first-order chi connectivity index (χ1) is 6.43. The molecular weight excluding hydrogens is 198 g/mol. The molecule has 0 atom stereocenters. The van der Waals surface area contributed by atoms with E-state index in [0.29, 0.717) is 0 Å². The van der Waals surface area contributed by atoms with Gasteiger partial charge in [0.25, 0.3) is 6.43 Å². The number of aromatic nitrogens is 1. The van der Waals surface area contributed by atoms with Gasteiger partial charge in [-0.25, -0.2) is 8.78 Å². The standard InChI is InChI=1S/C6H6F2N4O2/c7-4(8)2-1-3(9)6(12(13)14)11-5(2)10/h1,4H,9H2,(H2,10,11). The highest BCUT2D eigenvalue weighted by atomic mass is 19.3. The van der Waals surface area contributed by atoms with Crippen molar-refractivity contribution in [1.82, 2.24) is 4.98 Å². The quantitative estimate of drug-likeness (QED) is 0.553. The highest BCUT2D eigenvalue weighted by Gasteiger charge is 2.22. The summed E-state index contributed by atoms with van der Waals surface area (Å²) in [5.74, 6) is -1.30. The number of nitrogens with two attached hydrogens (primary N) is 2. The van der Waals surface area contributed by atoms with Crippen molar-refractivity contribution < 1.29 is 13.7 Å². The van der Waals surface area contributed by atoms with Crippen LogP contribution in [0.5, 0.6) is 0 Å². The smallest absolute Gasteiger partial charge is 0.388 e. The molecule has 1 rings (SSSR count). The molecular formula is C6H6F2N4O2. The number of rotatable bonds is 2. The molecule has 1 aromatic rings. The van der Waals surface area contributed by atoms with Crippen LogP contribution in [0.25, 0.3) is 0 Å². The fourth-order valence-electron chi connectivity index (χ4n) is 0.870. The molecule has 8 heteroatoms. The number of anilines is 2. The molecule has 0 aliphatic rings. The summed E-state index contributed by atoms with van der Waals surface area (Å²) in [5, 5.41) is 10.3. The Kier molecular flexibility index (Phi) is 2.45. The third kappa shape index (κ3) is 1.68. The van der Waals surface area contributed by atoms with Gasteiger partial charge in [-0.05, 0) is 16.0 Å². The number of pyridine rings is 1. The Balaban J connectivity index is 3.31. The number of nitro groups is 1. The van der Waals surface area contributed by atoms with Crippen LogP contribution in [0.1, 0.15) is 12.0 Å². The Morgan fingerprint density at radius 1 is 1.50 bits per heavy atom. The lowest BCUT2D eigenvalue weighted by Gasteiger charge is -2.02. The van der Waals surface area contributed by atoms with Crippen molar-refractivity contribution in [3.8, 4) is 0 Å². The molecule has 4 N–H and O–H groups in total. The van der Waals surface area contributed by atoms with Crippen molar-refractivity contribution in [3.63, 3.8) is 0 Å². The molecule has 0 unspecified atom stereocenters. The number of hydrogen-bond acceptors (Lipinski definition) is 5. The molecule has 0 amide bonds. The Labute approximate surface area is 76.7 Å². The van der Waals surface area contributed by atoms with Crippen LogP contribution in [0.4, 0.5) is 26.1 Å². The summed E-state index contributed by atoms with van der Waals surface area (Å²) in [5.41, 5.74) is 9.18. The monoisotopic (exact) mass is 204 g/mol.